The highest BCUT2D eigenvalue weighted by Gasteiger charge is 2.21. The molecular formula is C52H36O2. The molecule has 0 atom stereocenters. The van der Waals surface area contributed by atoms with E-state index in [1.54, 1.807) is 0 Å². The molecule has 2 heteroatoms. The number of para-hydroxylation sites is 1. The first-order chi connectivity index (χ1) is 26.5. The maximum Gasteiger partial charge on any atom is 0.179 e. The van der Waals surface area contributed by atoms with Crippen molar-refractivity contribution < 1.29 is 8.83 Å². The van der Waals surface area contributed by atoms with Gasteiger partial charge >= 0.3 is 0 Å². The van der Waals surface area contributed by atoms with Gasteiger partial charge in [-0.15, -0.1) is 0 Å². The van der Waals surface area contributed by atoms with Crippen LogP contribution in [0.5, 0.6) is 0 Å². The molecule has 256 valence electrons. The molecule has 0 N–H and O–H groups in total. The van der Waals surface area contributed by atoms with Crippen LogP contribution in [0.15, 0.2) is 174 Å². The van der Waals surface area contributed by atoms with Gasteiger partial charge in [0.2, 0.25) is 0 Å². The van der Waals surface area contributed by atoms with E-state index in [9.17, 15) is 0 Å². The average Bonchev–Trinajstić information content (AvgIpc) is 3.79. The van der Waals surface area contributed by atoms with Gasteiger partial charge < -0.3 is 8.83 Å². The summed E-state index contributed by atoms with van der Waals surface area (Å²) in [6.45, 7) is 13.4. The summed E-state index contributed by atoms with van der Waals surface area (Å²) < 4.78 is 13.0. The lowest BCUT2D eigenvalue weighted by molar-refractivity contribution is 0.633. The molecule has 0 aliphatic rings. The van der Waals surface area contributed by atoms with Crippen molar-refractivity contribution in [3.8, 4) is 11.1 Å². The van der Waals surface area contributed by atoms with Gasteiger partial charge in [0.1, 0.15) is 11.2 Å². The van der Waals surface area contributed by atoms with E-state index < -0.39 is 0 Å². The molecule has 2 aromatic heterocycles. The van der Waals surface area contributed by atoms with Gasteiger partial charge in [-0.1, -0.05) is 153 Å². The van der Waals surface area contributed by atoms with Gasteiger partial charge in [0.15, 0.2) is 11.2 Å². The molecule has 2 heterocycles. The van der Waals surface area contributed by atoms with E-state index in [4.69, 9.17) is 8.83 Å². The van der Waals surface area contributed by atoms with Gasteiger partial charge in [-0.2, -0.15) is 0 Å². The minimum atomic E-state index is 0.771. The monoisotopic (exact) mass is 692 g/mol. The summed E-state index contributed by atoms with van der Waals surface area (Å²) in [5, 5.41) is 11.3. The van der Waals surface area contributed by atoms with E-state index in [1.807, 2.05) is 18.2 Å². The highest BCUT2D eigenvalue weighted by Crippen LogP contribution is 2.46. The maximum atomic E-state index is 6.58. The van der Waals surface area contributed by atoms with Crippen LogP contribution < -0.4 is 0 Å². The number of benzene rings is 8. The number of furan rings is 2. The quantitative estimate of drug-likeness (QED) is 0.128. The summed E-state index contributed by atoms with van der Waals surface area (Å²) >= 11 is 0. The van der Waals surface area contributed by atoms with Crippen LogP contribution in [0, 0.1) is 6.92 Å². The standard InChI is InChI=1S/C52H36O2/c1-5-14-34-25-26-36(29-33(34)4)48-39-17-8-6-15-37(39)47(38-16-7-9-18-40(38)48)32(3)24-23-31(2)35-27-28-46-44(30-35)50-42-20-11-10-19-41(42)49-43-21-12-13-22-45(43)53-51(49)52(50)54-46/h5-30H,2-3H2,1,4H3/b14-5-,24-23-. The molecule has 0 bridgehead atoms. The van der Waals surface area contributed by atoms with Crippen LogP contribution in [0.2, 0.25) is 0 Å². The smallest absolute Gasteiger partial charge is 0.179 e. The summed E-state index contributed by atoms with van der Waals surface area (Å²) in [5.41, 5.74) is 12.2. The Hall–Kier alpha value is -6.90. The topological polar surface area (TPSA) is 26.3 Å². The molecule has 2 nitrogen and oxygen atoms in total. The van der Waals surface area contributed by atoms with Crippen LogP contribution >= 0.6 is 0 Å². The molecule has 0 spiro atoms. The van der Waals surface area contributed by atoms with Gasteiger partial charge in [-0.25, -0.2) is 0 Å². The molecular weight excluding hydrogens is 657 g/mol. The SMILES string of the molecule is C=C(/C=C\C(=C)c1c2ccccc2c(-c2ccc(/C=C\C)c(C)c2)c2ccccc12)c1ccc2oc3c4oc5ccccc5c4c4ccccc4c3c2c1. The summed E-state index contributed by atoms with van der Waals surface area (Å²) in [4.78, 5) is 0. The molecule has 0 aliphatic heterocycles. The van der Waals surface area contributed by atoms with E-state index in [0.29, 0.717) is 0 Å². The second-order valence-electron chi connectivity index (χ2n) is 14.2. The first-order valence-corrected chi connectivity index (χ1v) is 18.4. The zero-order valence-corrected chi connectivity index (χ0v) is 30.2. The van der Waals surface area contributed by atoms with Crippen LogP contribution in [0.4, 0.5) is 0 Å². The lowest BCUT2D eigenvalue weighted by Crippen LogP contribution is -1.93. The number of hydrogen-bond donors (Lipinski definition) is 0. The third-order valence-electron chi connectivity index (χ3n) is 11.0. The Kier molecular flexibility index (Phi) is 7.28. The molecule has 0 fully saturated rings. The molecule has 54 heavy (non-hydrogen) atoms. The molecule has 0 saturated carbocycles. The average molecular weight is 693 g/mol. The Balaban J connectivity index is 1.08. The van der Waals surface area contributed by atoms with Crippen LogP contribution in [0.3, 0.4) is 0 Å². The van der Waals surface area contributed by atoms with Crippen LogP contribution in [-0.2, 0) is 0 Å². The summed E-state index contributed by atoms with van der Waals surface area (Å²) in [6, 6.07) is 47.3. The van der Waals surface area contributed by atoms with E-state index in [0.717, 1.165) is 76.9 Å². The van der Waals surface area contributed by atoms with Crippen molar-refractivity contribution in [1.29, 1.82) is 0 Å². The van der Waals surface area contributed by atoms with Crippen LogP contribution in [-0.4, -0.2) is 0 Å². The number of rotatable bonds is 6. The Morgan fingerprint density at radius 2 is 1.06 bits per heavy atom. The van der Waals surface area contributed by atoms with Gasteiger partial charge in [0.05, 0.1) is 0 Å². The Morgan fingerprint density at radius 3 is 1.69 bits per heavy atom. The molecule has 8 aromatic carbocycles. The van der Waals surface area contributed by atoms with Crippen molar-refractivity contribution in [2.75, 3.05) is 0 Å². The van der Waals surface area contributed by atoms with Crippen molar-refractivity contribution in [3.05, 3.63) is 187 Å². The minimum Gasteiger partial charge on any atom is -0.452 e. The summed E-state index contributed by atoms with van der Waals surface area (Å²) in [6.07, 6.45) is 8.45. The third-order valence-corrected chi connectivity index (χ3v) is 11.0. The second kappa shape index (κ2) is 12.4. The van der Waals surface area contributed by atoms with Crippen molar-refractivity contribution in [3.63, 3.8) is 0 Å². The number of aryl methyl sites for hydroxylation is 1. The predicted octanol–water partition coefficient (Wildman–Crippen LogP) is 15.2. The molecule has 10 aromatic rings. The fourth-order valence-corrected chi connectivity index (χ4v) is 8.48. The van der Waals surface area contributed by atoms with Crippen molar-refractivity contribution >= 4 is 93.4 Å². The minimum absolute atomic E-state index is 0.771. The normalized spacial score (nSPS) is 12.3. The Morgan fingerprint density at radius 1 is 0.519 bits per heavy atom. The maximum absolute atomic E-state index is 6.58. The number of allylic oxidation sites excluding steroid dienone is 5. The largest absolute Gasteiger partial charge is 0.452 e. The van der Waals surface area contributed by atoms with Crippen LogP contribution in [0.1, 0.15) is 29.2 Å². The lowest BCUT2D eigenvalue weighted by atomic mass is 9.85. The molecule has 10 rings (SSSR count). The first kappa shape index (κ1) is 31.8. The number of hydrogen-bond acceptors (Lipinski definition) is 2. The molecule has 0 amide bonds. The predicted molar refractivity (Wildman–Crippen MR) is 232 cm³/mol. The van der Waals surface area contributed by atoms with E-state index in [2.05, 4.69) is 167 Å². The van der Waals surface area contributed by atoms with Gasteiger partial charge in [0.25, 0.3) is 0 Å². The first-order valence-electron chi connectivity index (χ1n) is 18.4. The van der Waals surface area contributed by atoms with Gasteiger partial charge in [0, 0.05) is 21.5 Å². The zero-order chi connectivity index (χ0) is 36.5. The van der Waals surface area contributed by atoms with Crippen molar-refractivity contribution in [2.45, 2.75) is 13.8 Å². The van der Waals surface area contributed by atoms with Gasteiger partial charge in [-0.3, -0.25) is 0 Å². The molecule has 0 aliphatic carbocycles. The highest BCUT2D eigenvalue weighted by molar-refractivity contribution is 6.33. The summed E-state index contributed by atoms with van der Waals surface area (Å²) in [7, 11) is 0. The lowest BCUT2D eigenvalue weighted by Gasteiger charge is -2.18. The molecule has 0 saturated heterocycles. The number of fused-ring (bicyclic) bond motifs is 12. The van der Waals surface area contributed by atoms with E-state index in [1.165, 1.54) is 43.8 Å². The van der Waals surface area contributed by atoms with Crippen molar-refractivity contribution in [2.24, 2.45) is 0 Å². The van der Waals surface area contributed by atoms with Gasteiger partial charge in [-0.05, 0) is 109 Å². The van der Waals surface area contributed by atoms with E-state index in [-0.39, 0.29) is 0 Å². The molecule has 0 radical (unpaired) electrons. The Labute approximate surface area is 313 Å². The zero-order valence-electron chi connectivity index (χ0n) is 30.2. The fraction of sp³-hybridized carbons (Fsp3) is 0.0385. The Bertz CT molecular complexity index is 3210. The third kappa shape index (κ3) is 4.81. The van der Waals surface area contributed by atoms with Crippen molar-refractivity contribution in [1.82, 2.24) is 0 Å². The van der Waals surface area contributed by atoms with E-state index >= 15 is 0 Å². The summed E-state index contributed by atoms with van der Waals surface area (Å²) in [5.74, 6) is 0. The highest BCUT2D eigenvalue weighted by atomic mass is 16.4. The molecule has 0 unspecified atom stereocenters. The second-order valence-corrected chi connectivity index (χ2v) is 14.2. The van der Waals surface area contributed by atoms with Crippen LogP contribution in [0.25, 0.3) is 105 Å². The fourth-order valence-electron chi connectivity index (χ4n) is 8.48.